The second kappa shape index (κ2) is 13.3. The van der Waals surface area contributed by atoms with Crippen LogP contribution in [0.25, 0.3) is 0 Å². The molecule has 1 atom stereocenters. The minimum absolute atomic E-state index is 0.0903. The molecular weight excluding hydrogens is 526 g/mol. The van der Waals surface area contributed by atoms with Gasteiger partial charge in [-0.3, -0.25) is 9.59 Å². The molecule has 3 aromatic rings. The van der Waals surface area contributed by atoms with Gasteiger partial charge in [-0.2, -0.15) is 12.7 Å². The minimum atomic E-state index is -4.33. The lowest BCUT2D eigenvalue weighted by Crippen LogP contribution is -2.54. The second-order valence-corrected chi connectivity index (χ2v) is 11.0. The summed E-state index contributed by atoms with van der Waals surface area (Å²) in [7, 11) is -1.81. The van der Waals surface area contributed by atoms with Crippen LogP contribution >= 0.6 is 0 Å². The van der Waals surface area contributed by atoms with Crippen molar-refractivity contribution in [2.24, 2.45) is 0 Å². The van der Waals surface area contributed by atoms with Crippen molar-refractivity contribution >= 4 is 27.7 Å². The van der Waals surface area contributed by atoms with Gasteiger partial charge in [-0.25, -0.2) is 13.1 Å². The molecule has 0 aliphatic rings. The molecule has 0 aromatic heterocycles. The highest BCUT2D eigenvalue weighted by Gasteiger charge is 2.35. The number of nitrogens with one attached hydrogen (secondary N) is 1. The first-order valence-corrected chi connectivity index (χ1v) is 13.7. The average Bonchev–Trinajstić information content (AvgIpc) is 2.91. The minimum Gasteiger partial charge on any atom is -0.355 e. The fourth-order valence-electron chi connectivity index (χ4n) is 4.01. The van der Waals surface area contributed by atoms with Gasteiger partial charge < -0.3 is 10.2 Å². The monoisotopic (exact) mass is 558 g/mol. The molecule has 0 saturated carbocycles. The molecule has 8 nitrogen and oxygen atoms in total. The molecule has 3 rings (SSSR count). The van der Waals surface area contributed by atoms with E-state index in [0.29, 0.717) is 4.31 Å². The summed E-state index contributed by atoms with van der Waals surface area (Å²) in [4.78, 5) is 28.4. The van der Waals surface area contributed by atoms with Crippen molar-refractivity contribution in [3.05, 3.63) is 102 Å². The molecule has 0 saturated heterocycles. The van der Waals surface area contributed by atoms with Gasteiger partial charge in [0.1, 0.15) is 24.2 Å². The van der Waals surface area contributed by atoms with Gasteiger partial charge in [-0.1, -0.05) is 60.7 Å². The van der Waals surface area contributed by atoms with Crippen LogP contribution in [0.15, 0.2) is 78.9 Å². The van der Waals surface area contributed by atoms with Crippen molar-refractivity contribution in [1.29, 1.82) is 0 Å². The van der Waals surface area contributed by atoms with Crippen molar-refractivity contribution in [2.45, 2.75) is 25.9 Å². The van der Waals surface area contributed by atoms with E-state index >= 15 is 0 Å². The number of rotatable bonds is 12. The molecule has 0 unspecified atom stereocenters. The van der Waals surface area contributed by atoms with Crippen molar-refractivity contribution < 1.29 is 26.8 Å². The Morgan fingerprint density at radius 1 is 0.872 bits per heavy atom. The Hall–Kier alpha value is -3.83. The molecule has 11 heteroatoms. The number of benzene rings is 3. The molecule has 0 fully saturated rings. The Morgan fingerprint density at radius 3 is 2.05 bits per heavy atom. The van der Waals surface area contributed by atoms with Crippen LogP contribution in [0.5, 0.6) is 0 Å². The van der Waals surface area contributed by atoms with Gasteiger partial charge >= 0.3 is 10.2 Å². The third-order valence-corrected chi connectivity index (χ3v) is 7.87. The Balaban J connectivity index is 2.10. The lowest BCUT2D eigenvalue weighted by atomic mass is 10.0. The van der Waals surface area contributed by atoms with Crippen LogP contribution in [0, 0.1) is 11.6 Å². The van der Waals surface area contributed by atoms with E-state index in [1.54, 1.807) is 37.3 Å². The number of carbonyl (C=O) groups excluding carboxylic acids is 2. The Labute approximate surface area is 228 Å². The molecular formula is C28H32F2N4O4S. The fraction of sp³-hybridized carbons (Fsp3) is 0.286. The predicted molar refractivity (Wildman–Crippen MR) is 146 cm³/mol. The van der Waals surface area contributed by atoms with Crippen LogP contribution in [0.1, 0.15) is 18.1 Å². The number of hydrogen-bond donors (Lipinski definition) is 1. The van der Waals surface area contributed by atoms with E-state index in [2.05, 4.69) is 5.32 Å². The largest absolute Gasteiger partial charge is 0.355 e. The zero-order valence-corrected chi connectivity index (χ0v) is 22.9. The fourth-order valence-corrected chi connectivity index (χ4v) is 5.08. The number of carbonyl (C=O) groups is 2. The highest BCUT2D eigenvalue weighted by Crippen LogP contribution is 2.24. The van der Waals surface area contributed by atoms with E-state index in [-0.39, 0.29) is 30.8 Å². The smallest absolute Gasteiger partial charge is 0.304 e. The van der Waals surface area contributed by atoms with Crippen LogP contribution in [-0.4, -0.2) is 62.7 Å². The summed E-state index contributed by atoms with van der Waals surface area (Å²) in [5.41, 5.74) is 0.552. The van der Waals surface area contributed by atoms with Gasteiger partial charge in [0, 0.05) is 39.2 Å². The van der Waals surface area contributed by atoms with Gasteiger partial charge in [0.15, 0.2) is 0 Å². The summed E-state index contributed by atoms with van der Waals surface area (Å²) >= 11 is 0. The Bertz CT molecular complexity index is 1390. The maximum Gasteiger partial charge on any atom is 0.304 e. The molecule has 0 radical (unpaired) electrons. The summed E-state index contributed by atoms with van der Waals surface area (Å²) in [6, 6.07) is 18.9. The third kappa shape index (κ3) is 7.39. The summed E-state index contributed by atoms with van der Waals surface area (Å²) in [6.45, 7) is 0.875. The number of amides is 2. The third-order valence-electron chi connectivity index (χ3n) is 6.06. The standard InChI is InChI=1S/C28H32F2N4O4S/c1-4-31-28(36)26(18-21-12-6-5-7-13-21)33(19-22-14-8-9-15-23(22)29)27(35)20-34(39(37,38)32(2)3)25-17-11-10-16-24(25)30/h5-17,26H,4,18-20H2,1-3H3,(H,31,36)/t26-/m1/s1. The zero-order chi connectivity index (χ0) is 28.6. The van der Waals surface area contributed by atoms with E-state index in [4.69, 9.17) is 0 Å². The molecule has 2 amide bonds. The molecule has 0 heterocycles. The highest BCUT2D eigenvalue weighted by molar-refractivity contribution is 7.90. The molecule has 208 valence electrons. The summed E-state index contributed by atoms with van der Waals surface area (Å²) in [6.07, 6.45) is 0.0903. The van der Waals surface area contributed by atoms with E-state index in [9.17, 15) is 26.8 Å². The van der Waals surface area contributed by atoms with Crippen molar-refractivity contribution in [3.63, 3.8) is 0 Å². The van der Waals surface area contributed by atoms with Gasteiger partial charge in [0.05, 0.1) is 5.69 Å². The first-order valence-electron chi connectivity index (χ1n) is 12.4. The number of para-hydroxylation sites is 1. The maximum absolute atomic E-state index is 14.8. The number of nitrogens with zero attached hydrogens (tertiary/aromatic N) is 3. The molecule has 0 bridgehead atoms. The first-order chi connectivity index (χ1) is 18.6. The quantitative estimate of drug-likeness (QED) is 0.369. The van der Waals surface area contributed by atoms with E-state index in [1.165, 1.54) is 50.5 Å². The topological polar surface area (TPSA) is 90.0 Å². The molecule has 3 aromatic carbocycles. The van der Waals surface area contributed by atoms with Crippen LogP contribution in [0.3, 0.4) is 0 Å². The van der Waals surface area contributed by atoms with E-state index < -0.39 is 46.2 Å². The van der Waals surface area contributed by atoms with Gasteiger partial charge in [0.25, 0.3) is 0 Å². The maximum atomic E-state index is 14.8. The number of hydrogen-bond acceptors (Lipinski definition) is 4. The average molecular weight is 559 g/mol. The van der Waals surface area contributed by atoms with Gasteiger partial charge in [0.2, 0.25) is 11.8 Å². The van der Waals surface area contributed by atoms with Crippen molar-refractivity contribution in [1.82, 2.24) is 14.5 Å². The first kappa shape index (κ1) is 29.7. The second-order valence-electron chi connectivity index (χ2n) is 8.96. The summed E-state index contributed by atoms with van der Waals surface area (Å²) in [5, 5.41) is 2.72. The molecule has 1 N–H and O–H groups in total. The molecule has 39 heavy (non-hydrogen) atoms. The van der Waals surface area contributed by atoms with E-state index in [1.807, 2.05) is 6.07 Å². The number of anilines is 1. The number of likely N-dealkylation sites (N-methyl/N-ethyl adjacent to an activating group) is 1. The molecule has 0 aliphatic heterocycles. The molecule has 0 spiro atoms. The number of halogens is 2. The molecule has 0 aliphatic carbocycles. The summed E-state index contributed by atoms with van der Waals surface area (Å²) < 4.78 is 57.5. The Morgan fingerprint density at radius 2 is 1.46 bits per heavy atom. The highest BCUT2D eigenvalue weighted by atomic mass is 32.2. The normalized spacial score (nSPS) is 12.2. The van der Waals surface area contributed by atoms with Crippen LogP contribution < -0.4 is 9.62 Å². The van der Waals surface area contributed by atoms with Gasteiger partial charge in [-0.05, 0) is 30.7 Å². The van der Waals surface area contributed by atoms with Crippen LogP contribution in [-0.2, 0) is 32.8 Å². The zero-order valence-electron chi connectivity index (χ0n) is 22.1. The van der Waals surface area contributed by atoms with Crippen molar-refractivity contribution in [3.8, 4) is 0 Å². The lowest BCUT2D eigenvalue weighted by Gasteiger charge is -2.34. The van der Waals surface area contributed by atoms with Crippen LogP contribution in [0.2, 0.25) is 0 Å². The predicted octanol–water partition coefficient (Wildman–Crippen LogP) is 3.35. The van der Waals surface area contributed by atoms with Gasteiger partial charge in [-0.15, -0.1) is 0 Å². The van der Waals surface area contributed by atoms with Crippen LogP contribution in [0.4, 0.5) is 14.5 Å². The SMILES string of the molecule is CCNC(=O)[C@@H](Cc1ccccc1)N(Cc1ccccc1F)C(=O)CN(c1ccccc1F)S(=O)(=O)N(C)C. The lowest BCUT2D eigenvalue weighted by molar-refractivity contribution is -0.140. The van der Waals surface area contributed by atoms with E-state index in [0.717, 1.165) is 20.8 Å². The Kier molecular flexibility index (Phi) is 10.1. The van der Waals surface area contributed by atoms with Crippen molar-refractivity contribution in [2.75, 3.05) is 31.5 Å². The summed E-state index contributed by atoms with van der Waals surface area (Å²) in [5.74, 6) is -2.73.